The summed E-state index contributed by atoms with van der Waals surface area (Å²) in [4.78, 5) is 14.8. The van der Waals surface area contributed by atoms with Crippen LogP contribution in [0.3, 0.4) is 0 Å². The van der Waals surface area contributed by atoms with Crippen molar-refractivity contribution in [2.75, 3.05) is 6.54 Å². The number of nitrogens with two attached hydrogens (primary N) is 1. The highest BCUT2D eigenvalue weighted by Crippen LogP contribution is 2.25. The van der Waals surface area contributed by atoms with Gasteiger partial charge in [0.1, 0.15) is 0 Å². The molecule has 2 atom stereocenters. The minimum absolute atomic E-state index is 0.142. The molecule has 1 aromatic rings. The molecular weight excluding hydrogens is 236 g/mol. The van der Waals surface area contributed by atoms with Crippen LogP contribution < -0.4 is 5.73 Å². The highest BCUT2D eigenvalue weighted by atomic mass is 16.2. The standard InChI is InChI=1S/C16H24N2O/c1-11-7-8-12(2)15(9-11)16(19)18-13(3)5-4-6-14(18)10-17/h7-9,13-14H,4-6,10,17H2,1-3H3. The number of hydrogen-bond donors (Lipinski definition) is 1. The number of benzene rings is 1. The van der Waals surface area contributed by atoms with Crippen LogP contribution in [-0.2, 0) is 0 Å². The summed E-state index contributed by atoms with van der Waals surface area (Å²) in [6, 6.07) is 6.54. The van der Waals surface area contributed by atoms with E-state index in [1.165, 1.54) is 6.42 Å². The second-order valence-electron chi connectivity index (χ2n) is 5.70. The Morgan fingerprint density at radius 1 is 1.37 bits per heavy atom. The van der Waals surface area contributed by atoms with Crippen molar-refractivity contribution in [2.45, 2.75) is 52.1 Å². The van der Waals surface area contributed by atoms with E-state index in [1.54, 1.807) is 0 Å². The molecule has 0 aromatic heterocycles. The van der Waals surface area contributed by atoms with Crippen molar-refractivity contribution in [2.24, 2.45) is 5.73 Å². The van der Waals surface area contributed by atoms with Crippen molar-refractivity contribution < 1.29 is 4.79 Å². The molecule has 1 heterocycles. The molecule has 0 spiro atoms. The van der Waals surface area contributed by atoms with Crippen molar-refractivity contribution in [3.05, 3.63) is 34.9 Å². The van der Waals surface area contributed by atoms with Crippen LogP contribution in [0.15, 0.2) is 18.2 Å². The molecule has 2 rings (SSSR count). The molecule has 0 aliphatic carbocycles. The smallest absolute Gasteiger partial charge is 0.254 e. The van der Waals surface area contributed by atoms with E-state index in [0.717, 1.165) is 29.5 Å². The molecular formula is C16H24N2O. The quantitative estimate of drug-likeness (QED) is 0.888. The number of carbonyl (C=O) groups is 1. The van der Waals surface area contributed by atoms with Crippen molar-refractivity contribution in [3.8, 4) is 0 Å². The van der Waals surface area contributed by atoms with Gasteiger partial charge in [0.25, 0.3) is 5.91 Å². The minimum Gasteiger partial charge on any atom is -0.332 e. The molecule has 0 radical (unpaired) electrons. The van der Waals surface area contributed by atoms with Crippen LogP contribution in [0.2, 0.25) is 0 Å². The Hall–Kier alpha value is -1.35. The predicted octanol–water partition coefficient (Wildman–Crippen LogP) is 2.65. The summed E-state index contributed by atoms with van der Waals surface area (Å²) in [6.45, 7) is 6.71. The number of hydrogen-bond acceptors (Lipinski definition) is 2. The molecule has 1 aromatic carbocycles. The van der Waals surface area contributed by atoms with Gasteiger partial charge in [-0.15, -0.1) is 0 Å². The summed E-state index contributed by atoms with van der Waals surface area (Å²) in [5.41, 5.74) is 8.85. The van der Waals surface area contributed by atoms with Gasteiger partial charge in [-0.2, -0.15) is 0 Å². The number of rotatable bonds is 2. The zero-order valence-corrected chi connectivity index (χ0v) is 12.1. The highest BCUT2D eigenvalue weighted by Gasteiger charge is 2.31. The fraction of sp³-hybridized carbons (Fsp3) is 0.562. The van der Waals surface area contributed by atoms with Crippen molar-refractivity contribution in [3.63, 3.8) is 0 Å². The Balaban J connectivity index is 2.33. The second-order valence-corrected chi connectivity index (χ2v) is 5.70. The molecule has 0 saturated carbocycles. The molecule has 2 N–H and O–H groups in total. The van der Waals surface area contributed by atoms with Gasteiger partial charge in [-0.1, -0.05) is 17.7 Å². The van der Waals surface area contributed by atoms with Gasteiger partial charge < -0.3 is 10.6 Å². The van der Waals surface area contributed by atoms with Gasteiger partial charge in [0.15, 0.2) is 0 Å². The van der Waals surface area contributed by atoms with Gasteiger partial charge in [0.2, 0.25) is 0 Å². The van der Waals surface area contributed by atoms with Crippen molar-refractivity contribution >= 4 is 5.91 Å². The van der Waals surface area contributed by atoms with E-state index in [0.29, 0.717) is 6.54 Å². The third kappa shape index (κ3) is 2.81. The largest absolute Gasteiger partial charge is 0.332 e. The molecule has 0 bridgehead atoms. The van der Waals surface area contributed by atoms with Crippen LogP contribution in [0.1, 0.15) is 47.7 Å². The summed E-state index contributed by atoms with van der Waals surface area (Å²) in [6.07, 6.45) is 3.27. The van der Waals surface area contributed by atoms with E-state index >= 15 is 0 Å². The van der Waals surface area contributed by atoms with Gasteiger partial charge in [-0.25, -0.2) is 0 Å². The normalized spacial score (nSPS) is 23.5. The molecule has 1 aliphatic heterocycles. The molecule has 19 heavy (non-hydrogen) atoms. The second kappa shape index (κ2) is 5.74. The minimum atomic E-state index is 0.142. The molecule has 3 heteroatoms. The zero-order chi connectivity index (χ0) is 14.0. The lowest BCUT2D eigenvalue weighted by molar-refractivity contribution is 0.0493. The van der Waals surface area contributed by atoms with E-state index in [1.807, 2.05) is 36.9 Å². The van der Waals surface area contributed by atoms with E-state index in [4.69, 9.17) is 5.73 Å². The fourth-order valence-electron chi connectivity index (χ4n) is 2.99. The number of carbonyl (C=O) groups excluding carboxylic acids is 1. The summed E-state index contributed by atoms with van der Waals surface area (Å²) in [7, 11) is 0. The summed E-state index contributed by atoms with van der Waals surface area (Å²) >= 11 is 0. The van der Waals surface area contributed by atoms with Gasteiger partial charge in [-0.3, -0.25) is 4.79 Å². The first-order chi connectivity index (χ1) is 9.04. The van der Waals surface area contributed by atoms with Crippen LogP contribution in [0.4, 0.5) is 0 Å². The van der Waals surface area contributed by atoms with E-state index < -0.39 is 0 Å². The van der Waals surface area contributed by atoms with Gasteiger partial charge in [0.05, 0.1) is 0 Å². The maximum Gasteiger partial charge on any atom is 0.254 e. The Morgan fingerprint density at radius 2 is 2.11 bits per heavy atom. The number of likely N-dealkylation sites (tertiary alicyclic amines) is 1. The average Bonchev–Trinajstić information content (AvgIpc) is 2.40. The van der Waals surface area contributed by atoms with Crippen LogP contribution in [0, 0.1) is 13.8 Å². The molecule has 1 aliphatic rings. The maximum atomic E-state index is 12.8. The first-order valence-corrected chi connectivity index (χ1v) is 7.14. The topological polar surface area (TPSA) is 46.3 Å². The summed E-state index contributed by atoms with van der Waals surface area (Å²) < 4.78 is 0. The van der Waals surface area contributed by atoms with Crippen molar-refractivity contribution in [1.82, 2.24) is 4.90 Å². The zero-order valence-electron chi connectivity index (χ0n) is 12.1. The number of piperidine rings is 1. The van der Waals surface area contributed by atoms with E-state index in [9.17, 15) is 4.79 Å². The molecule has 104 valence electrons. The first kappa shape index (κ1) is 14.1. The fourth-order valence-corrected chi connectivity index (χ4v) is 2.99. The number of nitrogens with zero attached hydrogens (tertiary/aromatic N) is 1. The lowest BCUT2D eigenvalue weighted by Gasteiger charge is -2.40. The Kier molecular flexibility index (Phi) is 4.25. The van der Waals surface area contributed by atoms with Gasteiger partial charge in [0, 0.05) is 24.2 Å². The number of amides is 1. The van der Waals surface area contributed by atoms with E-state index in [2.05, 4.69) is 6.92 Å². The average molecular weight is 260 g/mol. The van der Waals surface area contributed by atoms with Gasteiger partial charge >= 0.3 is 0 Å². The number of aryl methyl sites for hydroxylation is 2. The maximum absolute atomic E-state index is 12.8. The summed E-state index contributed by atoms with van der Waals surface area (Å²) in [5.74, 6) is 0.142. The lowest BCUT2D eigenvalue weighted by atomic mass is 9.94. The predicted molar refractivity (Wildman–Crippen MR) is 78.2 cm³/mol. The summed E-state index contributed by atoms with van der Waals surface area (Å²) in [5, 5.41) is 0. The van der Waals surface area contributed by atoms with Crippen LogP contribution in [-0.4, -0.2) is 29.4 Å². The van der Waals surface area contributed by atoms with E-state index in [-0.39, 0.29) is 18.0 Å². The Labute approximate surface area is 115 Å². The van der Waals surface area contributed by atoms with Crippen LogP contribution in [0.5, 0.6) is 0 Å². The SMILES string of the molecule is Cc1ccc(C)c(C(=O)N2C(C)CCCC2CN)c1. The molecule has 2 unspecified atom stereocenters. The van der Waals surface area contributed by atoms with Crippen molar-refractivity contribution in [1.29, 1.82) is 0 Å². The molecule has 1 amide bonds. The molecule has 1 saturated heterocycles. The van der Waals surface area contributed by atoms with Crippen LogP contribution in [0.25, 0.3) is 0 Å². The first-order valence-electron chi connectivity index (χ1n) is 7.14. The highest BCUT2D eigenvalue weighted by molar-refractivity contribution is 5.96. The van der Waals surface area contributed by atoms with Gasteiger partial charge in [-0.05, 0) is 51.7 Å². The third-order valence-corrected chi connectivity index (χ3v) is 4.16. The Bertz CT molecular complexity index is 470. The lowest BCUT2D eigenvalue weighted by Crippen LogP contribution is -2.52. The molecule has 3 nitrogen and oxygen atoms in total. The monoisotopic (exact) mass is 260 g/mol. The third-order valence-electron chi connectivity index (χ3n) is 4.16. The van der Waals surface area contributed by atoms with Crippen LogP contribution >= 0.6 is 0 Å². The Morgan fingerprint density at radius 3 is 2.79 bits per heavy atom. The molecule has 1 fully saturated rings.